The number of benzene rings is 1. The van der Waals surface area contributed by atoms with Gasteiger partial charge in [0.15, 0.2) is 0 Å². The Balaban J connectivity index is -0.000000122. The van der Waals surface area contributed by atoms with Crippen molar-refractivity contribution < 1.29 is 56.9 Å². The van der Waals surface area contributed by atoms with Gasteiger partial charge in [0.05, 0.1) is 0 Å². The van der Waals surface area contributed by atoms with Gasteiger partial charge in [-0.15, -0.1) is 0 Å². The van der Waals surface area contributed by atoms with E-state index in [9.17, 15) is 51.8 Å². The zero-order chi connectivity index (χ0) is 20.0. The zero-order valence-corrected chi connectivity index (χ0v) is 11.5. The molecule has 1 aromatic rings. The fraction of sp³-hybridized carbons (Fsp3) is 0.250. The van der Waals surface area contributed by atoms with Crippen LogP contribution in [0, 0.1) is 0 Å². The van der Waals surface area contributed by atoms with Gasteiger partial charge in [-0.1, -0.05) is 30.3 Å². The Morgan fingerprint density at radius 3 is 1.04 bits per heavy atom. The first-order valence-electron chi connectivity index (χ1n) is 5.70. The van der Waals surface area contributed by atoms with Crippen molar-refractivity contribution in [3.8, 4) is 0 Å². The van der Waals surface area contributed by atoms with Gasteiger partial charge in [0.1, 0.15) is 0 Å². The third-order valence-corrected chi connectivity index (χ3v) is 1.24. The number of hydrogen-bond donors (Lipinski definition) is 1. The molecule has 0 spiro atoms. The Hall–Kier alpha value is 0.171. The molecule has 1 nitrogen and oxygen atoms in total. The summed E-state index contributed by atoms with van der Waals surface area (Å²) in [6.45, 7) is 0.240. The minimum atomic E-state index is -6.00. The van der Waals surface area contributed by atoms with Gasteiger partial charge in [-0.05, 0) is 12.0 Å². The van der Waals surface area contributed by atoms with E-state index in [4.69, 9.17) is 5.11 Å². The molecule has 0 heterocycles. The second-order valence-corrected chi connectivity index (χ2v) is 3.44. The maximum absolute atomic E-state index is 9.75. The first kappa shape index (κ1) is 32.8. The van der Waals surface area contributed by atoms with Crippen LogP contribution in [0.3, 0.4) is 0 Å². The molecule has 0 aliphatic carbocycles. The molecule has 0 unspecified atom stereocenters. The molecule has 0 radical (unpaired) electrons. The molecule has 0 aromatic heterocycles. The average Bonchev–Trinajstić information content (AvgIpc) is 2.23. The summed E-state index contributed by atoms with van der Waals surface area (Å²) in [5, 5.41) is 8.52. The van der Waals surface area contributed by atoms with Crippen molar-refractivity contribution in [2.24, 2.45) is 0 Å². The maximum atomic E-state index is 9.75. The summed E-state index contributed by atoms with van der Waals surface area (Å²) in [7, 11) is -18.0. The molecule has 1 N–H and O–H groups in total. The number of aliphatic hydroxyl groups is 1. The van der Waals surface area contributed by atoms with Gasteiger partial charge in [-0.25, -0.2) is 0 Å². The monoisotopic (exact) mass is 423 g/mol. The Morgan fingerprint density at radius 1 is 0.600 bits per heavy atom. The number of rotatable bonds is 2. The first-order chi connectivity index (χ1) is 10.4. The number of hydrogen-bond acceptors (Lipinski definition) is 1. The van der Waals surface area contributed by atoms with Gasteiger partial charge in [0.25, 0.3) is 0 Å². The van der Waals surface area contributed by atoms with Gasteiger partial charge in [0, 0.05) is 6.61 Å². The van der Waals surface area contributed by atoms with E-state index in [1.165, 1.54) is 5.56 Å². The Kier molecular flexibility index (Phi) is 21.5. The summed E-state index contributed by atoms with van der Waals surface area (Å²) in [6, 6.07) is 9.95. The van der Waals surface area contributed by atoms with Crippen LogP contribution in [0.5, 0.6) is 0 Å². The van der Waals surface area contributed by atoms with Crippen LogP contribution in [0.15, 0.2) is 30.3 Å². The molecular weight excluding hydrogens is 412 g/mol. The summed E-state index contributed by atoms with van der Waals surface area (Å²) in [4.78, 5) is 0. The van der Waals surface area contributed by atoms with Crippen molar-refractivity contribution >= 4 is 73.1 Å². The summed E-state index contributed by atoms with van der Waals surface area (Å²) >= 11 is 0. The van der Waals surface area contributed by atoms with E-state index in [-0.39, 0.29) is 58.0 Å². The van der Waals surface area contributed by atoms with Gasteiger partial charge in [-0.3, -0.25) is 0 Å². The van der Waals surface area contributed by atoms with E-state index in [1.807, 2.05) is 30.3 Å². The SMILES string of the molecule is F[B-](F)(F)F.F[B-](F)(F)F.F[B-](F)(F)F.OCCc1ccccc1.[KH]. The fourth-order valence-corrected chi connectivity index (χ4v) is 0.774. The van der Waals surface area contributed by atoms with Crippen molar-refractivity contribution in [1.29, 1.82) is 0 Å². The predicted octanol–water partition coefficient (Wildman–Crippen LogP) is 4.47. The summed E-state index contributed by atoms with van der Waals surface area (Å²) in [6.07, 6.45) is 0.765. The van der Waals surface area contributed by atoms with Crippen LogP contribution in [0.4, 0.5) is 51.8 Å². The summed E-state index contributed by atoms with van der Waals surface area (Å²) in [5.74, 6) is 0. The van der Waals surface area contributed by atoms with E-state index < -0.39 is 21.8 Å². The standard InChI is InChI=1S/C8H10O.3BF4.K.H/c9-7-6-8-4-2-1-3-5-8;3*2-1(3,4)5;;/h1-5,9H,6-7H2;;;;;/q;3*-1;;. The predicted molar refractivity (Wildman–Crippen MR) is 74.9 cm³/mol. The zero-order valence-electron chi connectivity index (χ0n) is 11.5. The molecule has 25 heavy (non-hydrogen) atoms. The van der Waals surface area contributed by atoms with E-state index >= 15 is 0 Å². The van der Waals surface area contributed by atoms with E-state index in [2.05, 4.69) is 0 Å². The van der Waals surface area contributed by atoms with Crippen molar-refractivity contribution in [1.82, 2.24) is 0 Å². The minimum absolute atomic E-state index is 0. The molecule has 0 aliphatic heterocycles. The summed E-state index contributed by atoms with van der Waals surface area (Å²) in [5.41, 5.74) is 1.19. The molecular formula is C8H11B3F12KO-3. The van der Waals surface area contributed by atoms with Crippen LogP contribution in [-0.4, -0.2) is 84.9 Å². The Bertz CT molecular complexity index is 350. The quantitative estimate of drug-likeness (QED) is 0.551. The number of aliphatic hydroxyl groups excluding tert-OH is 1. The molecule has 1 rings (SSSR count). The van der Waals surface area contributed by atoms with E-state index in [0.29, 0.717) is 0 Å². The molecule has 0 amide bonds. The fourth-order valence-electron chi connectivity index (χ4n) is 0.774. The Morgan fingerprint density at radius 2 is 0.840 bits per heavy atom. The third kappa shape index (κ3) is 95.2. The van der Waals surface area contributed by atoms with Crippen molar-refractivity contribution in [2.45, 2.75) is 6.42 Å². The Labute approximate surface area is 177 Å². The van der Waals surface area contributed by atoms with E-state index in [0.717, 1.165) is 6.42 Å². The molecule has 0 aliphatic rings. The van der Waals surface area contributed by atoms with Crippen LogP contribution in [-0.2, 0) is 6.42 Å². The number of halogens is 12. The summed E-state index contributed by atoms with van der Waals surface area (Å²) < 4.78 is 117. The van der Waals surface area contributed by atoms with Crippen LogP contribution >= 0.6 is 0 Å². The second-order valence-electron chi connectivity index (χ2n) is 3.44. The van der Waals surface area contributed by atoms with Crippen LogP contribution in [0.2, 0.25) is 0 Å². The van der Waals surface area contributed by atoms with Crippen LogP contribution < -0.4 is 0 Å². The van der Waals surface area contributed by atoms with E-state index in [1.54, 1.807) is 0 Å². The molecule has 0 saturated carbocycles. The third-order valence-electron chi connectivity index (χ3n) is 1.24. The van der Waals surface area contributed by atoms with Crippen molar-refractivity contribution in [3.63, 3.8) is 0 Å². The van der Waals surface area contributed by atoms with Crippen molar-refractivity contribution in [3.05, 3.63) is 35.9 Å². The molecule has 146 valence electrons. The van der Waals surface area contributed by atoms with Crippen LogP contribution in [0.25, 0.3) is 0 Å². The van der Waals surface area contributed by atoms with Crippen molar-refractivity contribution in [2.75, 3.05) is 6.61 Å². The molecule has 0 saturated heterocycles. The molecule has 17 heteroatoms. The van der Waals surface area contributed by atoms with Gasteiger partial charge < -0.3 is 56.9 Å². The molecule has 0 fully saturated rings. The topological polar surface area (TPSA) is 20.2 Å². The van der Waals surface area contributed by atoms with Gasteiger partial charge in [0.2, 0.25) is 0 Å². The average molecular weight is 423 g/mol. The first-order valence-corrected chi connectivity index (χ1v) is 5.70. The molecule has 0 bridgehead atoms. The van der Waals surface area contributed by atoms with Crippen LogP contribution in [0.1, 0.15) is 5.56 Å². The molecule has 0 atom stereocenters. The normalized spacial score (nSPS) is 10.6. The molecule has 1 aromatic carbocycles. The van der Waals surface area contributed by atoms with Gasteiger partial charge in [-0.2, -0.15) is 0 Å². The van der Waals surface area contributed by atoms with Gasteiger partial charge >= 0.3 is 73.1 Å². The second kappa shape index (κ2) is 16.4.